The van der Waals surface area contributed by atoms with Crippen LogP contribution in [0.15, 0.2) is 54.6 Å². The summed E-state index contributed by atoms with van der Waals surface area (Å²) in [6.45, 7) is 4.74. The van der Waals surface area contributed by atoms with Crippen LogP contribution < -0.4 is 10.6 Å². The Kier molecular flexibility index (Phi) is 7.20. The van der Waals surface area contributed by atoms with Crippen molar-refractivity contribution in [1.82, 2.24) is 15.1 Å². The van der Waals surface area contributed by atoms with E-state index in [-0.39, 0.29) is 11.8 Å². The molecule has 1 heterocycles. The van der Waals surface area contributed by atoms with Crippen molar-refractivity contribution in [3.8, 4) is 0 Å². The van der Waals surface area contributed by atoms with Gasteiger partial charge < -0.3 is 15.5 Å². The van der Waals surface area contributed by atoms with E-state index in [0.29, 0.717) is 18.0 Å². The number of carbonyl (C=O) groups is 2. The Labute approximate surface area is 184 Å². The fourth-order valence-electron chi connectivity index (χ4n) is 4.51. The summed E-state index contributed by atoms with van der Waals surface area (Å²) in [5, 5.41) is 6.37. The topological polar surface area (TPSA) is 64.7 Å². The minimum absolute atomic E-state index is 0.0749. The fourth-order valence-corrected chi connectivity index (χ4v) is 4.51. The van der Waals surface area contributed by atoms with Crippen LogP contribution >= 0.6 is 0 Å². The van der Waals surface area contributed by atoms with Gasteiger partial charge in [0.2, 0.25) is 5.91 Å². The number of anilines is 2. The van der Waals surface area contributed by atoms with Gasteiger partial charge in [0.05, 0.1) is 11.3 Å². The van der Waals surface area contributed by atoms with Crippen LogP contribution in [-0.2, 0) is 4.79 Å². The van der Waals surface area contributed by atoms with Gasteiger partial charge in [-0.25, -0.2) is 0 Å². The zero-order chi connectivity index (χ0) is 21.5. The third kappa shape index (κ3) is 5.64. The van der Waals surface area contributed by atoms with E-state index in [2.05, 4.69) is 15.5 Å². The number of benzene rings is 2. The molecule has 1 aliphatic carbocycles. The van der Waals surface area contributed by atoms with E-state index in [4.69, 9.17) is 0 Å². The Morgan fingerprint density at radius 2 is 1.55 bits per heavy atom. The lowest BCUT2D eigenvalue weighted by molar-refractivity contribution is -0.137. The molecule has 2 aromatic carbocycles. The first-order valence-corrected chi connectivity index (χ1v) is 11.4. The highest BCUT2D eigenvalue weighted by atomic mass is 16.2. The fraction of sp³-hybridized carbons (Fsp3) is 0.440. The number of nitrogens with one attached hydrogen (secondary N) is 2. The van der Waals surface area contributed by atoms with Crippen molar-refractivity contribution in [2.45, 2.75) is 25.7 Å². The molecular formula is C25H32N4O2. The van der Waals surface area contributed by atoms with E-state index in [0.717, 1.165) is 56.9 Å². The van der Waals surface area contributed by atoms with Crippen LogP contribution in [0.4, 0.5) is 11.4 Å². The van der Waals surface area contributed by atoms with Crippen LogP contribution in [0.1, 0.15) is 36.0 Å². The largest absolute Gasteiger partial charge is 0.355 e. The summed E-state index contributed by atoms with van der Waals surface area (Å²) in [5.41, 5.74) is 2.39. The first-order chi connectivity index (χ1) is 15.2. The van der Waals surface area contributed by atoms with Crippen LogP contribution in [0.3, 0.4) is 0 Å². The van der Waals surface area contributed by atoms with Crippen molar-refractivity contribution < 1.29 is 9.59 Å². The van der Waals surface area contributed by atoms with Gasteiger partial charge in [0, 0.05) is 50.9 Å². The van der Waals surface area contributed by atoms with Crippen molar-refractivity contribution in [2.24, 2.45) is 5.92 Å². The third-order valence-corrected chi connectivity index (χ3v) is 6.33. The first-order valence-electron chi connectivity index (χ1n) is 11.4. The molecule has 1 saturated heterocycles. The Morgan fingerprint density at radius 1 is 0.871 bits per heavy atom. The minimum Gasteiger partial charge on any atom is -0.355 e. The summed E-state index contributed by atoms with van der Waals surface area (Å²) in [4.78, 5) is 29.7. The van der Waals surface area contributed by atoms with E-state index in [1.807, 2.05) is 59.5 Å². The Bertz CT molecular complexity index is 872. The van der Waals surface area contributed by atoms with Crippen molar-refractivity contribution in [2.75, 3.05) is 44.6 Å². The number of hydrogen-bond acceptors (Lipinski definition) is 4. The molecule has 164 valence electrons. The summed E-state index contributed by atoms with van der Waals surface area (Å²) in [6, 6.07) is 17.4. The molecule has 1 aliphatic heterocycles. The number of piperazine rings is 1. The molecule has 2 aliphatic rings. The molecule has 31 heavy (non-hydrogen) atoms. The Morgan fingerprint density at radius 3 is 2.29 bits per heavy atom. The molecule has 0 unspecified atom stereocenters. The van der Waals surface area contributed by atoms with E-state index in [9.17, 15) is 9.59 Å². The van der Waals surface area contributed by atoms with E-state index in [1.165, 1.54) is 12.8 Å². The second kappa shape index (κ2) is 10.4. The number of rotatable bonds is 7. The standard InChI is InChI=1S/C25H32N4O2/c30-24(22-12-6-7-13-23(22)27-21-10-2-1-3-11-21)26-14-15-28-16-18-29(19-17-28)25(31)20-8-4-5-9-20/h1-3,6-7,10-13,20,27H,4-5,8-9,14-19H2,(H,26,30). The van der Waals surface area contributed by atoms with Crippen molar-refractivity contribution in [1.29, 1.82) is 0 Å². The van der Waals surface area contributed by atoms with Crippen LogP contribution in [0.25, 0.3) is 0 Å². The van der Waals surface area contributed by atoms with Gasteiger partial charge in [0.25, 0.3) is 5.91 Å². The van der Waals surface area contributed by atoms with Crippen LogP contribution in [0.5, 0.6) is 0 Å². The highest BCUT2D eigenvalue weighted by Gasteiger charge is 2.29. The molecular weight excluding hydrogens is 388 g/mol. The highest BCUT2D eigenvalue weighted by Crippen LogP contribution is 2.27. The molecule has 6 heteroatoms. The van der Waals surface area contributed by atoms with Gasteiger partial charge >= 0.3 is 0 Å². The summed E-state index contributed by atoms with van der Waals surface area (Å²) in [6.07, 6.45) is 4.51. The molecule has 6 nitrogen and oxygen atoms in total. The molecule has 4 rings (SSSR count). The molecule has 2 fully saturated rings. The van der Waals surface area contributed by atoms with E-state index >= 15 is 0 Å². The monoisotopic (exact) mass is 420 g/mol. The lowest BCUT2D eigenvalue weighted by Gasteiger charge is -2.36. The summed E-state index contributed by atoms with van der Waals surface area (Å²) < 4.78 is 0. The zero-order valence-electron chi connectivity index (χ0n) is 18.1. The molecule has 0 radical (unpaired) electrons. The molecule has 2 amide bonds. The van der Waals surface area contributed by atoms with Gasteiger partial charge in [-0.15, -0.1) is 0 Å². The van der Waals surface area contributed by atoms with Gasteiger partial charge in [0.1, 0.15) is 0 Å². The maximum Gasteiger partial charge on any atom is 0.253 e. The van der Waals surface area contributed by atoms with Gasteiger partial charge in [-0.1, -0.05) is 43.2 Å². The molecule has 0 aromatic heterocycles. The maximum atomic E-state index is 12.8. The van der Waals surface area contributed by atoms with Crippen molar-refractivity contribution in [3.63, 3.8) is 0 Å². The maximum absolute atomic E-state index is 12.8. The molecule has 0 bridgehead atoms. The van der Waals surface area contributed by atoms with Gasteiger partial charge in [-0.3, -0.25) is 14.5 Å². The average molecular weight is 421 g/mol. The summed E-state index contributed by atoms with van der Waals surface area (Å²) in [5.74, 6) is 0.539. The number of amides is 2. The summed E-state index contributed by atoms with van der Waals surface area (Å²) >= 11 is 0. The third-order valence-electron chi connectivity index (χ3n) is 6.33. The summed E-state index contributed by atoms with van der Waals surface area (Å²) in [7, 11) is 0. The molecule has 2 N–H and O–H groups in total. The zero-order valence-corrected chi connectivity index (χ0v) is 18.1. The quantitative estimate of drug-likeness (QED) is 0.720. The number of hydrogen-bond donors (Lipinski definition) is 2. The van der Waals surface area contributed by atoms with Crippen LogP contribution in [-0.4, -0.2) is 60.9 Å². The molecule has 1 saturated carbocycles. The van der Waals surface area contributed by atoms with E-state index < -0.39 is 0 Å². The first kappa shape index (κ1) is 21.4. The van der Waals surface area contributed by atoms with Gasteiger partial charge in [-0.2, -0.15) is 0 Å². The Balaban J connectivity index is 1.23. The second-order valence-electron chi connectivity index (χ2n) is 8.44. The SMILES string of the molecule is O=C(NCCN1CCN(C(=O)C2CCCC2)CC1)c1ccccc1Nc1ccccc1. The van der Waals surface area contributed by atoms with Gasteiger partial charge in [0.15, 0.2) is 0 Å². The van der Waals surface area contributed by atoms with Crippen LogP contribution in [0.2, 0.25) is 0 Å². The highest BCUT2D eigenvalue weighted by molar-refractivity contribution is 6.00. The predicted octanol–water partition coefficient (Wildman–Crippen LogP) is 3.49. The molecule has 0 atom stereocenters. The average Bonchev–Trinajstić information content (AvgIpc) is 3.35. The van der Waals surface area contributed by atoms with Gasteiger partial charge in [-0.05, 0) is 37.1 Å². The Hall–Kier alpha value is -2.86. The molecule has 0 spiro atoms. The number of carbonyl (C=O) groups excluding carboxylic acids is 2. The lowest BCUT2D eigenvalue weighted by Crippen LogP contribution is -2.51. The number of para-hydroxylation sites is 2. The van der Waals surface area contributed by atoms with Crippen molar-refractivity contribution in [3.05, 3.63) is 60.2 Å². The lowest BCUT2D eigenvalue weighted by atomic mass is 10.1. The normalized spacial score (nSPS) is 17.5. The van der Waals surface area contributed by atoms with E-state index in [1.54, 1.807) is 0 Å². The number of nitrogens with zero attached hydrogens (tertiary/aromatic N) is 2. The smallest absolute Gasteiger partial charge is 0.253 e. The second-order valence-corrected chi connectivity index (χ2v) is 8.44. The predicted molar refractivity (Wildman–Crippen MR) is 123 cm³/mol. The molecule has 2 aromatic rings. The van der Waals surface area contributed by atoms with Crippen LogP contribution in [0, 0.1) is 5.92 Å². The van der Waals surface area contributed by atoms with Crippen molar-refractivity contribution >= 4 is 23.2 Å². The minimum atomic E-state index is -0.0749.